The summed E-state index contributed by atoms with van der Waals surface area (Å²) < 4.78 is 0. The number of hydrogen-bond donors (Lipinski definition) is 4. The van der Waals surface area contributed by atoms with Crippen LogP contribution in [0.2, 0.25) is 0 Å². The Bertz CT molecular complexity index is 438. The zero-order chi connectivity index (χ0) is 16.4. The molecule has 2 fully saturated rings. The Morgan fingerprint density at radius 1 is 0.864 bits per heavy atom. The van der Waals surface area contributed by atoms with Crippen molar-refractivity contribution in [3.8, 4) is 0 Å². The first-order chi connectivity index (χ1) is 10.2. The third kappa shape index (κ3) is 4.20. The molecule has 6 nitrogen and oxygen atoms in total. The number of rotatable bonds is 11. The predicted octanol–water partition coefficient (Wildman–Crippen LogP) is 2.09. The molecule has 5 N–H and O–H groups in total. The van der Waals surface area contributed by atoms with Gasteiger partial charge in [-0.15, -0.1) is 0 Å². The number of carboxylic acid groups (broad SMARTS) is 2. The van der Waals surface area contributed by atoms with Crippen molar-refractivity contribution in [2.45, 2.75) is 76.4 Å². The average Bonchev–Trinajstić information content (AvgIpc) is 3.29. The van der Waals surface area contributed by atoms with Gasteiger partial charge in [0, 0.05) is 0 Å². The van der Waals surface area contributed by atoms with Crippen LogP contribution in [-0.2, 0) is 9.59 Å². The zero-order valence-electron chi connectivity index (χ0n) is 13.0. The summed E-state index contributed by atoms with van der Waals surface area (Å²) in [6, 6.07) is 0. The van der Waals surface area contributed by atoms with Crippen LogP contribution < -0.4 is 5.73 Å². The summed E-state index contributed by atoms with van der Waals surface area (Å²) in [5.74, 6) is -1.45. The minimum Gasteiger partial charge on any atom is -0.481 e. The Labute approximate surface area is 130 Å². The van der Waals surface area contributed by atoms with E-state index in [4.69, 9.17) is 15.9 Å². The van der Waals surface area contributed by atoms with Crippen molar-refractivity contribution in [2.75, 3.05) is 0 Å². The number of carbonyl (C=O) groups is 2. The maximum Gasteiger partial charge on any atom is 0.309 e. The molecule has 2 rings (SSSR count). The molecule has 1 atom stereocenters. The third-order valence-electron chi connectivity index (χ3n) is 5.39. The lowest BCUT2D eigenvalue weighted by Crippen LogP contribution is -2.39. The fourth-order valence-corrected chi connectivity index (χ4v) is 3.20. The molecule has 0 heterocycles. The number of nitrogens with two attached hydrogens (primary N) is 1. The Kier molecular flexibility index (Phi) is 4.82. The van der Waals surface area contributed by atoms with Gasteiger partial charge in [-0.05, 0) is 64.2 Å². The summed E-state index contributed by atoms with van der Waals surface area (Å²) in [6.07, 6.45) is 7.08. The van der Waals surface area contributed by atoms with Gasteiger partial charge >= 0.3 is 11.9 Å². The van der Waals surface area contributed by atoms with E-state index in [0.29, 0.717) is 38.5 Å². The fraction of sp³-hybridized carbons (Fsp3) is 0.875. The maximum atomic E-state index is 11.1. The SMILES string of the molecule is NC(O)(CCCCC1(C(=O)O)CC1)CCCC1(C(=O)O)CC1. The minimum absolute atomic E-state index is 0.395. The molecule has 2 saturated carbocycles. The van der Waals surface area contributed by atoms with Gasteiger partial charge in [0.15, 0.2) is 0 Å². The molecule has 0 saturated heterocycles. The first kappa shape index (κ1) is 17.2. The van der Waals surface area contributed by atoms with Crippen molar-refractivity contribution in [1.82, 2.24) is 0 Å². The van der Waals surface area contributed by atoms with E-state index in [-0.39, 0.29) is 0 Å². The minimum atomic E-state index is -1.27. The molecule has 1 unspecified atom stereocenters. The van der Waals surface area contributed by atoms with Crippen LogP contribution in [0.4, 0.5) is 0 Å². The normalized spacial score (nSPS) is 23.5. The van der Waals surface area contributed by atoms with Gasteiger partial charge in [0.05, 0.1) is 10.8 Å². The van der Waals surface area contributed by atoms with Gasteiger partial charge in [-0.1, -0.05) is 6.42 Å². The second-order valence-corrected chi connectivity index (χ2v) is 7.34. The largest absolute Gasteiger partial charge is 0.481 e. The highest BCUT2D eigenvalue weighted by Gasteiger charge is 2.50. The van der Waals surface area contributed by atoms with Crippen LogP contribution in [0, 0.1) is 10.8 Å². The van der Waals surface area contributed by atoms with Gasteiger partial charge in [0.2, 0.25) is 0 Å². The smallest absolute Gasteiger partial charge is 0.309 e. The Morgan fingerprint density at radius 2 is 1.27 bits per heavy atom. The quantitative estimate of drug-likeness (QED) is 0.342. The standard InChI is InChI=1S/C16H27NO5/c17-16(22,7-3-5-15(10-11-15)13(20)21)6-2-1-4-14(8-9-14)12(18)19/h22H,1-11,17H2,(H,18,19)(H,20,21). The van der Waals surface area contributed by atoms with Crippen LogP contribution in [0.1, 0.15) is 70.6 Å². The zero-order valence-corrected chi connectivity index (χ0v) is 13.0. The molecule has 0 spiro atoms. The van der Waals surface area contributed by atoms with Crippen molar-refractivity contribution < 1.29 is 24.9 Å². The third-order valence-corrected chi connectivity index (χ3v) is 5.39. The van der Waals surface area contributed by atoms with Gasteiger partial charge in [-0.25, -0.2) is 0 Å². The molecule has 6 heteroatoms. The molecule has 22 heavy (non-hydrogen) atoms. The molecule has 2 aliphatic carbocycles. The molecule has 2 aliphatic rings. The van der Waals surface area contributed by atoms with E-state index in [9.17, 15) is 14.7 Å². The van der Waals surface area contributed by atoms with E-state index in [1.165, 1.54) is 0 Å². The first-order valence-corrected chi connectivity index (χ1v) is 8.20. The lowest BCUT2D eigenvalue weighted by Gasteiger charge is -2.24. The second-order valence-electron chi connectivity index (χ2n) is 7.34. The molecule has 126 valence electrons. The molecule has 0 aliphatic heterocycles. The summed E-state index contributed by atoms with van der Waals surface area (Å²) in [7, 11) is 0. The number of aliphatic carboxylic acids is 2. The Hall–Kier alpha value is -1.14. The summed E-state index contributed by atoms with van der Waals surface area (Å²) in [4.78, 5) is 22.1. The highest BCUT2D eigenvalue weighted by molar-refractivity contribution is 5.78. The number of hydrogen-bond acceptors (Lipinski definition) is 4. The van der Waals surface area contributed by atoms with Gasteiger partial charge < -0.3 is 21.1 Å². The van der Waals surface area contributed by atoms with Crippen LogP contribution in [0.15, 0.2) is 0 Å². The molecule has 0 radical (unpaired) electrons. The van der Waals surface area contributed by atoms with Crippen LogP contribution in [0.5, 0.6) is 0 Å². The van der Waals surface area contributed by atoms with Crippen LogP contribution in [0.3, 0.4) is 0 Å². The van der Waals surface area contributed by atoms with E-state index in [2.05, 4.69) is 0 Å². The van der Waals surface area contributed by atoms with Crippen LogP contribution in [0.25, 0.3) is 0 Å². The van der Waals surface area contributed by atoms with E-state index < -0.39 is 28.5 Å². The van der Waals surface area contributed by atoms with Crippen molar-refractivity contribution >= 4 is 11.9 Å². The summed E-state index contributed by atoms with van der Waals surface area (Å²) in [6.45, 7) is 0. The summed E-state index contributed by atoms with van der Waals surface area (Å²) in [5, 5.41) is 28.3. The van der Waals surface area contributed by atoms with E-state index in [1.54, 1.807) is 0 Å². The van der Waals surface area contributed by atoms with E-state index in [0.717, 1.165) is 32.1 Å². The number of aliphatic hydroxyl groups is 1. The molecular weight excluding hydrogens is 286 g/mol. The number of unbranched alkanes of at least 4 members (excludes halogenated alkanes) is 1. The molecule has 0 aromatic rings. The molecule has 0 bridgehead atoms. The molecule has 0 aromatic carbocycles. The lowest BCUT2D eigenvalue weighted by atomic mass is 9.92. The topological polar surface area (TPSA) is 121 Å². The highest BCUT2D eigenvalue weighted by Crippen LogP contribution is 2.51. The van der Waals surface area contributed by atoms with Gasteiger partial charge in [-0.3, -0.25) is 9.59 Å². The highest BCUT2D eigenvalue weighted by atomic mass is 16.4. The number of carboxylic acids is 2. The fourth-order valence-electron chi connectivity index (χ4n) is 3.20. The van der Waals surface area contributed by atoms with Crippen molar-refractivity contribution in [3.63, 3.8) is 0 Å². The van der Waals surface area contributed by atoms with Crippen LogP contribution >= 0.6 is 0 Å². The van der Waals surface area contributed by atoms with Crippen molar-refractivity contribution in [2.24, 2.45) is 16.6 Å². The summed E-state index contributed by atoms with van der Waals surface area (Å²) in [5.41, 5.74) is 3.52. The average molecular weight is 313 g/mol. The van der Waals surface area contributed by atoms with Crippen molar-refractivity contribution in [1.29, 1.82) is 0 Å². The first-order valence-electron chi connectivity index (χ1n) is 8.20. The van der Waals surface area contributed by atoms with Gasteiger partial charge in [-0.2, -0.15) is 0 Å². The van der Waals surface area contributed by atoms with E-state index in [1.807, 2.05) is 0 Å². The maximum absolute atomic E-state index is 11.1. The second kappa shape index (κ2) is 6.16. The molecule has 0 amide bonds. The monoisotopic (exact) mass is 313 g/mol. The lowest BCUT2D eigenvalue weighted by molar-refractivity contribution is -0.144. The Balaban J connectivity index is 1.60. The van der Waals surface area contributed by atoms with E-state index >= 15 is 0 Å². The van der Waals surface area contributed by atoms with Gasteiger partial charge in [0.1, 0.15) is 5.72 Å². The Morgan fingerprint density at radius 3 is 1.68 bits per heavy atom. The molecular formula is C16H27NO5. The predicted molar refractivity (Wildman–Crippen MR) is 80.1 cm³/mol. The summed E-state index contributed by atoms with van der Waals surface area (Å²) >= 11 is 0. The van der Waals surface area contributed by atoms with Gasteiger partial charge in [0.25, 0.3) is 0 Å². The van der Waals surface area contributed by atoms with Crippen LogP contribution in [-0.4, -0.2) is 33.0 Å². The molecule has 0 aromatic heterocycles. The van der Waals surface area contributed by atoms with Crippen molar-refractivity contribution in [3.05, 3.63) is 0 Å².